The molecule has 0 spiro atoms. The molecule has 0 saturated heterocycles. The minimum Gasteiger partial charge on any atom is -0.456 e. The van der Waals surface area contributed by atoms with Crippen LogP contribution in [0.15, 0.2) is 53.9 Å². The van der Waals surface area contributed by atoms with Crippen molar-refractivity contribution in [1.29, 1.82) is 5.26 Å². The van der Waals surface area contributed by atoms with E-state index in [4.69, 9.17) is 10.00 Å². The first-order valence-electron chi connectivity index (χ1n) is 7.03. The Hall–Kier alpha value is -3.04. The van der Waals surface area contributed by atoms with Gasteiger partial charge in [-0.1, -0.05) is 0 Å². The molecule has 0 aliphatic heterocycles. The molecule has 0 bridgehead atoms. The van der Waals surface area contributed by atoms with Crippen LogP contribution in [0.2, 0.25) is 0 Å². The van der Waals surface area contributed by atoms with Crippen molar-refractivity contribution in [3.63, 3.8) is 0 Å². The number of rotatable bonds is 4. The third-order valence-electron chi connectivity index (χ3n) is 3.24. The van der Waals surface area contributed by atoms with Crippen LogP contribution in [0.1, 0.15) is 21.6 Å². The molecule has 0 unspecified atom stereocenters. The minimum atomic E-state index is -0.476. The Morgan fingerprint density at radius 2 is 1.88 bits per heavy atom. The van der Waals surface area contributed by atoms with Gasteiger partial charge < -0.3 is 4.74 Å². The molecule has 0 saturated carbocycles. The van der Waals surface area contributed by atoms with Crippen LogP contribution in [-0.2, 0) is 11.3 Å². The van der Waals surface area contributed by atoms with Crippen molar-refractivity contribution in [1.82, 2.24) is 4.98 Å². The third kappa shape index (κ3) is 3.65. The number of ether oxygens (including phenoxy) is 1. The number of aromatic nitrogens is 1. The van der Waals surface area contributed by atoms with Crippen molar-refractivity contribution in [3.8, 4) is 16.6 Å². The molecule has 6 heteroatoms. The zero-order chi connectivity index (χ0) is 16.9. The van der Waals surface area contributed by atoms with Gasteiger partial charge in [0.15, 0.2) is 0 Å². The predicted molar refractivity (Wildman–Crippen MR) is 87.8 cm³/mol. The van der Waals surface area contributed by atoms with Crippen LogP contribution in [0.3, 0.4) is 0 Å². The Morgan fingerprint density at radius 1 is 1.17 bits per heavy atom. The van der Waals surface area contributed by atoms with Crippen molar-refractivity contribution in [2.75, 3.05) is 0 Å². The van der Waals surface area contributed by atoms with E-state index in [-0.39, 0.29) is 12.4 Å². The normalized spacial score (nSPS) is 10.2. The first-order chi connectivity index (χ1) is 11.7. The van der Waals surface area contributed by atoms with E-state index in [0.717, 1.165) is 10.6 Å². The first kappa shape index (κ1) is 15.8. The molecule has 0 atom stereocenters. The van der Waals surface area contributed by atoms with Gasteiger partial charge in [-0.25, -0.2) is 14.2 Å². The van der Waals surface area contributed by atoms with E-state index in [0.29, 0.717) is 16.8 Å². The van der Waals surface area contributed by atoms with E-state index >= 15 is 0 Å². The molecule has 0 N–H and O–H groups in total. The van der Waals surface area contributed by atoms with Gasteiger partial charge >= 0.3 is 5.97 Å². The molecule has 24 heavy (non-hydrogen) atoms. The van der Waals surface area contributed by atoms with Crippen LogP contribution in [0.25, 0.3) is 10.6 Å². The molecule has 0 amide bonds. The average molecular weight is 338 g/mol. The number of hydrogen-bond donors (Lipinski definition) is 0. The van der Waals surface area contributed by atoms with Gasteiger partial charge in [-0.2, -0.15) is 5.26 Å². The van der Waals surface area contributed by atoms with Gasteiger partial charge in [0.2, 0.25) is 0 Å². The summed E-state index contributed by atoms with van der Waals surface area (Å²) in [6, 6.07) is 14.3. The lowest BCUT2D eigenvalue weighted by molar-refractivity contribution is 0.0468. The fraction of sp³-hybridized carbons (Fsp3) is 0.0556. The number of carbonyl (C=O) groups is 1. The van der Waals surface area contributed by atoms with Gasteiger partial charge in [0.1, 0.15) is 17.4 Å². The molecule has 1 heterocycles. The zero-order valence-corrected chi connectivity index (χ0v) is 13.2. The lowest BCUT2D eigenvalue weighted by atomic mass is 10.1. The summed E-state index contributed by atoms with van der Waals surface area (Å²) in [6.45, 7) is 0.0521. The zero-order valence-electron chi connectivity index (χ0n) is 12.4. The summed E-state index contributed by atoms with van der Waals surface area (Å²) in [4.78, 5) is 16.3. The summed E-state index contributed by atoms with van der Waals surface area (Å²) in [7, 11) is 0. The fourth-order valence-corrected chi connectivity index (χ4v) is 2.81. The van der Waals surface area contributed by atoms with Crippen LogP contribution in [0.4, 0.5) is 4.39 Å². The summed E-state index contributed by atoms with van der Waals surface area (Å²) in [5.74, 6) is -0.775. The van der Waals surface area contributed by atoms with Crippen molar-refractivity contribution in [2.24, 2.45) is 0 Å². The van der Waals surface area contributed by atoms with E-state index in [1.807, 2.05) is 6.07 Å². The molecule has 118 valence electrons. The largest absolute Gasteiger partial charge is 0.456 e. The SMILES string of the molecule is N#Cc1ccc(C(=O)OCc2csc(-c3ccc(F)cc3)n2)cc1. The minimum absolute atomic E-state index is 0.0521. The van der Waals surface area contributed by atoms with Gasteiger partial charge in [0, 0.05) is 10.9 Å². The number of halogens is 1. The Kier molecular flexibility index (Phi) is 4.64. The highest BCUT2D eigenvalue weighted by molar-refractivity contribution is 7.13. The van der Waals surface area contributed by atoms with Crippen LogP contribution in [-0.4, -0.2) is 11.0 Å². The fourth-order valence-electron chi connectivity index (χ4n) is 2.00. The molecular formula is C18H11FN2O2S. The van der Waals surface area contributed by atoms with Crippen LogP contribution < -0.4 is 0 Å². The van der Waals surface area contributed by atoms with Crippen LogP contribution in [0, 0.1) is 17.1 Å². The third-order valence-corrected chi connectivity index (χ3v) is 4.18. The summed E-state index contributed by atoms with van der Waals surface area (Å²) in [6.07, 6.45) is 0. The quantitative estimate of drug-likeness (QED) is 0.670. The molecular weight excluding hydrogens is 327 g/mol. The van der Waals surface area contributed by atoms with E-state index in [1.165, 1.54) is 23.5 Å². The van der Waals surface area contributed by atoms with Gasteiger partial charge in [-0.05, 0) is 48.5 Å². The van der Waals surface area contributed by atoms with Gasteiger partial charge in [0.05, 0.1) is 22.9 Å². The van der Waals surface area contributed by atoms with Crippen LogP contribution in [0.5, 0.6) is 0 Å². The van der Waals surface area contributed by atoms with Crippen molar-refractivity contribution >= 4 is 17.3 Å². The summed E-state index contributed by atoms with van der Waals surface area (Å²) in [5, 5.41) is 11.3. The molecule has 0 aliphatic carbocycles. The second-order valence-electron chi connectivity index (χ2n) is 4.92. The number of thiazole rings is 1. The topological polar surface area (TPSA) is 63.0 Å². The van der Waals surface area contributed by atoms with E-state index < -0.39 is 5.97 Å². The van der Waals surface area contributed by atoms with E-state index in [9.17, 15) is 9.18 Å². The smallest absolute Gasteiger partial charge is 0.338 e. The van der Waals surface area contributed by atoms with E-state index in [2.05, 4.69) is 4.98 Å². The second-order valence-corrected chi connectivity index (χ2v) is 5.77. The predicted octanol–water partition coefficient (Wildman–Crippen LogP) is 4.18. The first-order valence-corrected chi connectivity index (χ1v) is 7.91. The second kappa shape index (κ2) is 7.02. The highest BCUT2D eigenvalue weighted by Crippen LogP contribution is 2.24. The van der Waals surface area contributed by atoms with Crippen molar-refractivity contribution < 1.29 is 13.9 Å². The maximum absolute atomic E-state index is 12.9. The maximum atomic E-state index is 12.9. The Bertz CT molecular complexity index is 896. The van der Waals surface area contributed by atoms with Crippen LogP contribution >= 0.6 is 11.3 Å². The Morgan fingerprint density at radius 3 is 2.54 bits per heavy atom. The number of benzene rings is 2. The molecule has 2 aromatic carbocycles. The average Bonchev–Trinajstić information content (AvgIpc) is 3.09. The highest BCUT2D eigenvalue weighted by Gasteiger charge is 2.10. The van der Waals surface area contributed by atoms with Crippen molar-refractivity contribution in [2.45, 2.75) is 6.61 Å². The molecule has 4 nitrogen and oxygen atoms in total. The number of carbonyl (C=O) groups excluding carboxylic acids is 1. The highest BCUT2D eigenvalue weighted by atomic mass is 32.1. The number of nitrogens with zero attached hydrogens (tertiary/aromatic N) is 2. The summed E-state index contributed by atoms with van der Waals surface area (Å²) >= 11 is 1.40. The van der Waals surface area contributed by atoms with Gasteiger partial charge in [-0.15, -0.1) is 11.3 Å². The summed E-state index contributed by atoms with van der Waals surface area (Å²) < 4.78 is 18.2. The molecule has 0 radical (unpaired) electrons. The standard InChI is InChI=1S/C18H11FN2O2S/c19-15-7-5-13(6-8-15)17-21-16(11-24-17)10-23-18(22)14-3-1-12(9-20)2-4-14/h1-8,11H,10H2. The Balaban J connectivity index is 1.63. The molecule has 0 aliphatic rings. The molecule has 1 aromatic heterocycles. The lowest BCUT2D eigenvalue weighted by Crippen LogP contribution is -2.05. The van der Waals surface area contributed by atoms with Gasteiger partial charge in [-0.3, -0.25) is 0 Å². The van der Waals surface area contributed by atoms with Gasteiger partial charge in [0.25, 0.3) is 0 Å². The monoisotopic (exact) mass is 338 g/mol. The van der Waals surface area contributed by atoms with E-state index in [1.54, 1.807) is 41.8 Å². The number of hydrogen-bond acceptors (Lipinski definition) is 5. The Labute approximate surface area is 141 Å². The lowest BCUT2D eigenvalue weighted by Gasteiger charge is -2.02. The van der Waals surface area contributed by atoms with Crippen molar-refractivity contribution in [3.05, 3.63) is 76.5 Å². The number of esters is 1. The maximum Gasteiger partial charge on any atom is 0.338 e. The molecule has 3 aromatic rings. The summed E-state index contributed by atoms with van der Waals surface area (Å²) in [5.41, 5.74) is 2.30. The molecule has 0 fully saturated rings. The number of nitriles is 1. The molecule has 3 rings (SSSR count).